The zero-order chi connectivity index (χ0) is 7.98. The van der Waals surface area contributed by atoms with Crippen molar-refractivity contribution in [1.29, 1.82) is 5.26 Å². The van der Waals surface area contributed by atoms with Crippen LogP contribution < -0.4 is 5.32 Å². The maximum atomic E-state index is 10.1. The quantitative estimate of drug-likeness (QED) is 0.247. The molecule has 0 aliphatic heterocycles. The van der Waals surface area contributed by atoms with Crippen molar-refractivity contribution in [3.63, 3.8) is 0 Å². The summed E-state index contributed by atoms with van der Waals surface area (Å²) in [7, 11) is 1.26. The first-order valence-electron chi connectivity index (χ1n) is 2.20. The Morgan fingerprint density at radius 2 is 2.50 bits per heavy atom. The number of nitrogens with zero attached hydrogens (tertiary/aromatic N) is 2. The van der Waals surface area contributed by atoms with E-state index in [9.17, 15) is 5.11 Å². The lowest BCUT2D eigenvalue weighted by molar-refractivity contribution is 0.213. The molecule has 0 atom stereocenters. The van der Waals surface area contributed by atoms with Crippen LogP contribution in [0.4, 0.5) is 0 Å². The van der Waals surface area contributed by atoms with Crippen LogP contribution in [0, 0.1) is 11.3 Å². The van der Waals surface area contributed by atoms with Crippen LogP contribution in [0.1, 0.15) is 0 Å². The van der Waals surface area contributed by atoms with Gasteiger partial charge >= 0.3 is 5.17 Å². The second-order valence-corrected chi connectivity index (χ2v) is 1.52. The lowest BCUT2D eigenvalue weighted by atomic mass is 10.7. The smallest absolute Gasteiger partial charge is 0.316 e. The Kier molecular flexibility index (Phi) is 3.91. The molecule has 0 aliphatic rings. The summed E-state index contributed by atoms with van der Waals surface area (Å²) in [6, 6.07) is 1.56. The van der Waals surface area contributed by atoms with Gasteiger partial charge in [-0.05, 0) is 12.2 Å². The van der Waals surface area contributed by atoms with Crippen LogP contribution in [0.15, 0.2) is 5.16 Å². The van der Waals surface area contributed by atoms with Gasteiger partial charge in [-0.3, -0.25) is 10.4 Å². The third-order valence-electron chi connectivity index (χ3n) is 0.509. The Bertz CT molecular complexity index is 195. The minimum Gasteiger partial charge on any atom is -0.397 e. The minimum absolute atomic E-state index is 0.248. The molecule has 0 amide bonds. The molecule has 53 valence electrons. The number of nitriles is 1. The molecule has 1 radical (unpaired) electrons. The second-order valence-electron chi connectivity index (χ2n) is 1.15. The second kappa shape index (κ2) is 4.52. The van der Waals surface area contributed by atoms with Gasteiger partial charge in [0.25, 0.3) is 5.84 Å². The Labute approximate surface area is 62.9 Å². The van der Waals surface area contributed by atoms with Crippen LogP contribution in [-0.2, 0) is 9.94 Å². The maximum Gasteiger partial charge on any atom is 0.316 e. The third-order valence-corrected chi connectivity index (χ3v) is 0.611. The van der Waals surface area contributed by atoms with Gasteiger partial charge in [0.15, 0.2) is 0 Å². The predicted molar refractivity (Wildman–Crippen MR) is 36.5 cm³/mol. The average molecular weight is 158 g/mol. The van der Waals surface area contributed by atoms with Crippen LogP contribution in [0.5, 0.6) is 0 Å². The highest BCUT2D eigenvalue weighted by Gasteiger charge is 1.99. The fraction of sp³-hybridized carbons (Fsp3) is 0.250. The number of hydrogen-bond acceptors (Lipinski definition) is 4. The summed E-state index contributed by atoms with van der Waals surface area (Å²) in [6.45, 7) is 0. The van der Waals surface area contributed by atoms with Gasteiger partial charge < -0.3 is 4.84 Å². The van der Waals surface area contributed by atoms with E-state index in [0.717, 1.165) is 0 Å². The van der Waals surface area contributed by atoms with E-state index in [1.807, 2.05) is 5.32 Å². The largest absolute Gasteiger partial charge is 0.397 e. The van der Waals surface area contributed by atoms with Crippen molar-refractivity contribution in [3.8, 4) is 6.07 Å². The normalized spacial score (nSPS) is 9.80. The van der Waals surface area contributed by atoms with Gasteiger partial charge in [-0.2, -0.15) is 5.26 Å². The number of oxime groups is 1. The van der Waals surface area contributed by atoms with Crippen LogP contribution in [0.25, 0.3) is 0 Å². The number of amidine groups is 1. The van der Waals surface area contributed by atoms with Gasteiger partial charge in [0.2, 0.25) is 0 Å². The van der Waals surface area contributed by atoms with E-state index in [1.54, 1.807) is 6.07 Å². The molecule has 6 heteroatoms. The molecule has 1 N–H and O–H groups in total. The van der Waals surface area contributed by atoms with Crippen molar-refractivity contribution in [2.75, 3.05) is 7.11 Å². The predicted octanol–water partition coefficient (Wildman–Crippen LogP) is -0.225. The molecule has 0 bridgehead atoms. The molecule has 0 spiro atoms. The van der Waals surface area contributed by atoms with Crippen LogP contribution >= 0.6 is 12.2 Å². The van der Waals surface area contributed by atoms with Crippen molar-refractivity contribution < 1.29 is 9.94 Å². The maximum absolute atomic E-state index is 10.1. The molecule has 0 aliphatic carbocycles. The van der Waals surface area contributed by atoms with Gasteiger partial charge in [0, 0.05) is 0 Å². The summed E-state index contributed by atoms with van der Waals surface area (Å²) in [6.07, 6.45) is 0. The van der Waals surface area contributed by atoms with Crippen molar-refractivity contribution in [2.45, 2.75) is 0 Å². The van der Waals surface area contributed by atoms with Crippen LogP contribution in [-0.4, -0.2) is 18.1 Å². The van der Waals surface area contributed by atoms with E-state index < -0.39 is 5.17 Å². The highest BCUT2D eigenvalue weighted by molar-refractivity contribution is 7.79. The standard InChI is InChI=1S/C4H4N3O2S/c1-9-7-3(2-5)6-4(8)10/h1H3,(H,6,7,10). The summed E-state index contributed by atoms with van der Waals surface area (Å²) < 4.78 is 0. The average Bonchev–Trinajstić information content (AvgIpc) is 1.86. The van der Waals surface area contributed by atoms with E-state index in [0.29, 0.717) is 0 Å². The third kappa shape index (κ3) is 3.63. The van der Waals surface area contributed by atoms with E-state index in [1.165, 1.54) is 7.11 Å². The van der Waals surface area contributed by atoms with Crippen molar-refractivity contribution in [2.24, 2.45) is 5.16 Å². The Morgan fingerprint density at radius 3 is 2.80 bits per heavy atom. The fourth-order valence-electron chi connectivity index (χ4n) is 0.259. The first kappa shape index (κ1) is 8.65. The van der Waals surface area contributed by atoms with Gasteiger partial charge in [0.05, 0.1) is 0 Å². The fourth-order valence-corrected chi connectivity index (χ4v) is 0.356. The van der Waals surface area contributed by atoms with Gasteiger partial charge in [-0.25, -0.2) is 0 Å². The molecule has 0 aromatic carbocycles. The summed E-state index contributed by atoms with van der Waals surface area (Å²) in [5.41, 5.74) is 0. The van der Waals surface area contributed by atoms with Crippen LogP contribution in [0.3, 0.4) is 0 Å². The first-order chi connectivity index (χ1) is 4.70. The van der Waals surface area contributed by atoms with E-state index in [4.69, 9.17) is 5.26 Å². The molecule has 0 aromatic rings. The van der Waals surface area contributed by atoms with E-state index in [2.05, 4.69) is 22.2 Å². The topological polar surface area (TPSA) is 77.3 Å². The van der Waals surface area contributed by atoms with Crippen molar-refractivity contribution in [1.82, 2.24) is 5.32 Å². The van der Waals surface area contributed by atoms with Gasteiger partial charge in [-0.1, -0.05) is 5.16 Å². The molecular weight excluding hydrogens is 154 g/mol. The first-order valence-corrected chi connectivity index (χ1v) is 2.60. The highest BCUT2D eigenvalue weighted by atomic mass is 32.1. The lowest BCUT2D eigenvalue weighted by Gasteiger charge is -1.92. The number of nitrogens with one attached hydrogen (secondary N) is 1. The number of thiocarbonyl (C=S) groups is 1. The summed E-state index contributed by atoms with van der Waals surface area (Å²) in [4.78, 5) is 4.20. The monoisotopic (exact) mass is 158 g/mol. The zero-order valence-corrected chi connectivity index (χ0v) is 5.94. The number of rotatable bonds is 1. The Hall–Kier alpha value is -1.35. The molecule has 5 nitrogen and oxygen atoms in total. The SMILES string of the molecule is CON=C(C#N)NC([O])=S. The van der Waals surface area contributed by atoms with E-state index in [-0.39, 0.29) is 5.84 Å². The molecular formula is C4H4N3O2S. The molecule has 10 heavy (non-hydrogen) atoms. The van der Waals surface area contributed by atoms with Crippen molar-refractivity contribution in [3.05, 3.63) is 0 Å². The molecule has 0 saturated carbocycles. The molecule has 0 saturated heterocycles. The van der Waals surface area contributed by atoms with Crippen molar-refractivity contribution >= 4 is 23.2 Å². The molecule has 0 rings (SSSR count). The lowest BCUT2D eigenvalue weighted by Crippen LogP contribution is -2.26. The Morgan fingerprint density at radius 1 is 1.90 bits per heavy atom. The summed E-state index contributed by atoms with van der Waals surface area (Å²) >= 11 is 4.10. The number of hydrogen-bond donors (Lipinski definition) is 1. The molecule has 0 aromatic heterocycles. The van der Waals surface area contributed by atoms with Gasteiger partial charge in [0.1, 0.15) is 13.2 Å². The zero-order valence-electron chi connectivity index (χ0n) is 5.12. The summed E-state index contributed by atoms with van der Waals surface area (Å²) in [5, 5.41) is 22.6. The molecule has 0 unspecified atom stereocenters. The van der Waals surface area contributed by atoms with Gasteiger partial charge in [-0.15, -0.1) is 0 Å². The Balaban J connectivity index is 3.99. The minimum atomic E-state index is -0.766. The molecule has 0 fully saturated rings. The van der Waals surface area contributed by atoms with Crippen LogP contribution in [0.2, 0.25) is 0 Å². The van der Waals surface area contributed by atoms with E-state index >= 15 is 0 Å². The molecule has 0 heterocycles. The summed E-state index contributed by atoms with van der Waals surface area (Å²) in [5.74, 6) is -0.248. The highest BCUT2D eigenvalue weighted by Crippen LogP contribution is 1.73.